The van der Waals surface area contributed by atoms with Crippen LogP contribution in [0.5, 0.6) is 0 Å². The fraction of sp³-hybridized carbons (Fsp3) is 1.00. The first-order valence-corrected chi connectivity index (χ1v) is 5.36. The molecule has 1 N–H and O–H groups in total. The van der Waals surface area contributed by atoms with Gasteiger partial charge in [0.25, 0.3) is 0 Å². The Morgan fingerprint density at radius 2 is 1.58 bits per heavy atom. The van der Waals surface area contributed by atoms with Crippen LogP contribution in [0, 0.1) is 5.92 Å². The highest BCUT2D eigenvalue weighted by molar-refractivity contribution is 4.69. The van der Waals surface area contributed by atoms with Crippen molar-refractivity contribution in [2.24, 2.45) is 5.92 Å². The van der Waals surface area contributed by atoms with Crippen LogP contribution < -0.4 is 5.32 Å². The summed E-state index contributed by atoms with van der Waals surface area (Å²) in [5, 5.41) is 3.59. The molecule has 1 nitrogen and oxygen atoms in total. The summed E-state index contributed by atoms with van der Waals surface area (Å²) in [5.41, 5.74) is 0. The highest BCUT2D eigenvalue weighted by Crippen LogP contribution is 2.12. The van der Waals surface area contributed by atoms with Crippen LogP contribution >= 0.6 is 0 Å². The van der Waals surface area contributed by atoms with Crippen molar-refractivity contribution in [3.8, 4) is 0 Å². The van der Waals surface area contributed by atoms with Gasteiger partial charge in [0.15, 0.2) is 0 Å². The monoisotopic (exact) mass is 171 g/mol. The molecule has 0 rings (SSSR count). The lowest BCUT2D eigenvalue weighted by molar-refractivity contribution is 0.364. The second-order valence-electron chi connectivity index (χ2n) is 4.18. The lowest BCUT2D eigenvalue weighted by atomic mass is 9.97. The summed E-state index contributed by atoms with van der Waals surface area (Å²) in [4.78, 5) is 0. The number of hydrogen-bond donors (Lipinski definition) is 1. The molecule has 0 aliphatic rings. The van der Waals surface area contributed by atoms with Crippen molar-refractivity contribution < 1.29 is 0 Å². The minimum Gasteiger partial charge on any atom is -0.312 e. The Labute approximate surface area is 77.9 Å². The van der Waals surface area contributed by atoms with Gasteiger partial charge in [-0.1, -0.05) is 41.0 Å². The molecule has 0 bridgehead atoms. The average Bonchev–Trinajstić information content (AvgIpc) is 2.02. The van der Waals surface area contributed by atoms with E-state index >= 15 is 0 Å². The van der Waals surface area contributed by atoms with E-state index in [1.165, 1.54) is 19.3 Å². The quantitative estimate of drug-likeness (QED) is 0.647. The summed E-state index contributed by atoms with van der Waals surface area (Å²) in [7, 11) is 0. The van der Waals surface area contributed by atoms with Crippen LogP contribution in [0.4, 0.5) is 0 Å². The minimum atomic E-state index is 0.624. The molecule has 0 aliphatic carbocycles. The average molecular weight is 171 g/mol. The van der Waals surface area contributed by atoms with Crippen LogP contribution in [0.3, 0.4) is 0 Å². The van der Waals surface area contributed by atoms with Crippen LogP contribution in [0.25, 0.3) is 0 Å². The molecule has 0 aromatic rings. The number of nitrogens with one attached hydrogen (secondary N) is 1. The van der Waals surface area contributed by atoms with Gasteiger partial charge in [-0.15, -0.1) is 0 Å². The van der Waals surface area contributed by atoms with Gasteiger partial charge in [0, 0.05) is 12.1 Å². The first kappa shape index (κ1) is 12.0. The summed E-state index contributed by atoms with van der Waals surface area (Å²) >= 11 is 0. The molecule has 0 aliphatic heterocycles. The summed E-state index contributed by atoms with van der Waals surface area (Å²) in [5.74, 6) is 0.862. The van der Waals surface area contributed by atoms with Gasteiger partial charge >= 0.3 is 0 Å². The SMILES string of the molecule is CCC(C)C[C@H](CC)NC(C)C. The maximum atomic E-state index is 3.59. The largest absolute Gasteiger partial charge is 0.312 e. The molecule has 0 amide bonds. The van der Waals surface area contributed by atoms with Crippen LogP contribution in [-0.4, -0.2) is 12.1 Å². The van der Waals surface area contributed by atoms with Crippen LogP contribution in [-0.2, 0) is 0 Å². The van der Waals surface area contributed by atoms with Crippen molar-refractivity contribution in [1.29, 1.82) is 0 Å². The molecular weight excluding hydrogens is 146 g/mol. The van der Waals surface area contributed by atoms with E-state index in [0.29, 0.717) is 6.04 Å². The third-order valence-corrected chi connectivity index (χ3v) is 2.45. The molecule has 1 unspecified atom stereocenters. The molecule has 0 saturated carbocycles. The Hall–Kier alpha value is -0.0400. The highest BCUT2D eigenvalue weighted by atomic mass is 14.9. The predicted octanol–water partition coefficient (Wildman–Crippen LogP) is 3.20. The van der Waals surface area contributed by atoms with Crippen LogP contribution in [0.2, 0.25) is 0 Å². The van der Waals surface area contributed by atoms with Gasteiger partial charge in [-0.25, -0.2) is 0 Å². The van der Waals surface area contributed by atoms with Crippen molar-refractivity contribution in [1.82, 2.24) is 5.32 Å². The van der Waals surface area contributed by atoms with E-state index in [1.807, 2.05) is 0 Å². The Balaban J connectivity index is 3.66. The molecule has 0 aromatic carbocycles. The van der Waals surface area contributed by atoms with Crippen LogP contribution in [0.1, 0.15) is 53.9 Å². The van der Waals surface area contributed by atoms with Gasteiger partial charge in [0.1, 0.15) is 0 Å². The van der Waals surface area contributed by atoms with Crippen molar-refractivity contribution in [2.45, 2.75) is 66.0 Å². The normalized spacial score (nSPS) is 16.5. The maximum Gasteiger partial charge on any atom is 0.00693 e. The second-order valence-corrected chi connectivity index (χ2v) is 4.18. The molecule has 0 spiro atoms. The molecular formula is C11H25N. The van der Waals surface area contributed by atoms with Gasteiger partial charge in [0.2, 0.25) is 0 Å². The maximum absolute atomic E-state index is 3.59. The Bertz CT molecular complexity index is 99.2. The minimum absolute atomic E-state index is 0.624. The topological polar surface area (TPSA) is 12.0 Å². The third kappa shape index (κ3) is 5.59. The Morgan fingerprint density at radius 3 is 1.92 bits per heavy atom. The van der Waals surface area contributed by atoms with E-state index in [2.05, 4.69) is 39.9 Å². The first-order valence-electron chi connectivity index (χ1n) is 5.36. The summed E-state index contributed by atoms with van der Waals surface area (Å²) in [6, 6.07) is 1.35. The van der Waals surface area contributed by atoms with Crippen molar-refractivity contribution in [2.75, 3.05) is 0 Å². The lowest BCUT2D eigenvalue weighted by Gasteiger charge is -2.22. The molecule has 0 fully saturated rings. The van der Waals surface area contributed by atoms with E-state index in [1.54, 1.807) is 0 Å². The lowest BCUT2D eigenvalue weighted by Crippen LogP contribution is -2.35. The number of hydrogen-bond acceptors (Lipinski definition) is 1. The van der Waals surface area contributed by atoms with Crippen molar-refractivity contribution >= 4 is 0 Å². The van der Waals surface area contributed by atoms with E-state index in [4.69, 9.17) is 0 Å². The zero-order chi connectivity index (χ0) is 9.56. The van der Waals surface area contributed by atoms with Gasteiger partial charge in [0.05, 0.1) is 0 Å². The van der Waals surface area contributed by atoms with Gasteiger partial charge in [-0.2, -0.15) is 0 Å². The smallest absolute Gasteiger partial charge is 0.00693 e. The molecule has 0 aromatic heterocycles. The fourth-order valence-electron chi connectivity index (χ4n) is 1.48. The Morgan fingerprint density at radius 1 is 1.00 bits per heavy atom. The fourth-order valence-corrected chi connectivity index (χ4v) is 1.48. The van der Waals surface area contributed by atoms with Gasteiger partial charge in [-0.3, -0.25) is 0 Å². The van der Waals surface area contributed by atoms with Crippen molar-refractivity contribution in [3.05, 3.63) is 0 Å². The summed E-state index contributed by atoms with van der Waals surface area (Å²) in [6.07, 6.45) is 3.88. The molecule has 1 heteroatoms. The molecule has 12 heavy (non-hydrogen) atoms. The summed E-state index contributed by atoms with van der Waals surface area (Å²) in [6.45, 7) is 11.3. The highest BCUT2D eigenvalue weighted by Gasteiger charge is 2.10. The van der Waals surface area contributed by atoms with Crippen LogP contribution in [0.15, 0.2) is 0 Å². The summed E-state index contributed by atoms with van der Waals surface area (Å²) < 4.78 is 0. The Kier molecular flexibility index (Phi) is 6.45. The standard InChI is InChI=1S/C11H25N/c1-6-10(5)8-11(7-2)12-9(3)4/h9-12H,6-8H2,1-5H3/t10?,11-/m0/s1. The molecule has 0 radical (unpaired) electrons. The molecule has 74 valence electrons. The van der Waals surface area contributed by atoms with E-state index in [9.17, 15) is 0 Å². The predicted molar refractivity (Wildman–Crippen MR) is 56.4 cm³/mol. The third-order valence-electron chi connectivity index (χ3n) is 2.45. The van der Waals surface area contributed by atoms with Crippen molar-refractivity contribution in [3.63, 3.8) is 0 Å². The molecule has 0 heterocycles. The van der Waals surface area contributed by atoms with E-state index < -0.39 is 0 Å². The van der Waals surface area contributed by atoms with E-state index in [0.717, 1.165) is 12.0 Å². The second kappa shape index (κ2) is 6.47. The number of rotatable bonds is 6. The van der Waals surface area contributed by atoms with E-state index in [-0.39, 0.29) is 0 Å². The zero-order valence-corrected chi connectivity index (χ0v) is 9.35. The van der Waals surface area contributed by atoms with Gasteiger partial charge in [-0.05, 0) is 18.8 Å². The van der Waals surface area contributed by atoms with Gasteiger partial charge < -0.3 is 5.32 Å². The molecule has 0 saturated heterocycles. The first-order chi connectivity index (χ1) is 5.60. The zero-order valence-electron chi connectivity index (χ0n) is 9.35. The molecule has 2 atom stereocenters.